The molecule has 0 radical (unpaired) electrons. The summed E-state index contributed by atoms with van der Waals surface area (Å²) < 4.78 is 15.7. The number of unbranched alkanes of at least 4 members (excludes halogenated alkanes) is 1. The van der Waals surface area contributed by atoms with Crippen LogP contribution in [0.15, 0.2) is 132 Å². The van der Waals surface area contributed by atoms with E-state index in [-0.39, 0.29) is 5.56 Å². The zero-order valence-corrected chi connectivity index (χ0v) is 29.4. The van der Waals surface area contributed by atoms with Crippen LogP contribution >= 0.6 is 11.3 Å². The molecule has 9 heteroatoms. The van der Waals surface area contributed by atoms with Gasteiger partial charge in [-0.1, -0.05) is 104 Å². The second-order valence-electron chi connectivity index (χ2n) is 12.3. The predicted octanol–water partition coefficient (Wildman–Crippen LogP) is 8.63. The molecule has 52 heavy (non-hydrogen) atoms. The minimum absolute atomic E-state index is 0.226. The SMILES string of the molecule is CCCCOc1ccc(/C=C/c2nc3s/c(=C\c4cn(-c5ccccc5)nc4-c4ccc(OCc5cccc6ccccc56)cc4)c(=O)n3n2)cc1. The summed E-state index contributed by atoms with van der Waals surface area (Å²) in [5.41, 5.74) is 5.26. The number of hydrogen-bond donors (Lipinski definition) is 0. The van der Waals surface area contributed by atoms with Crippen molar-refractivity contribution in [3.63, 3.8) is 0 Å². The highest BCUT2D eigenvalue weighted by molar-refractivity contribution is 7.15. The highest BCUT2D eigenvalue weighted by Gasteiger charge is 2.14. The van der Waals surface area contributed by atoms with Crippen molar-refractivity contribution in [2.24, 2.45) is 0 Å². The first kappa shape index (κ1) is 32.9. The molecule has 256 valence electrons. The number of rotatable bonds is 12. The molecule has 0 saturated carbocycles. The third-order valence-corrected chi connectivity index (χ3v) is 9.68. The number of para-hydroxylation sites is 1. The van der Waals surface area contributed by atoms with E-state index in [9.17, 15) is 4.79 Å². The van der Waals surface area contributed by atoms with Gasteiger partial charge in [0.25, 0.3) is 5.56 Å². The molecule has 0 aliphatic carbocycles. The Kier molecular flexibility index (Phi) is 9.41. The largest absolute Gasteiger partial charge is 0.494 e. The molecule has 0 atom stereocenters. The summed E-state index contributed by atoms with van der Waals surface area (Å²) in [6.07, 6.45) is 9.68. The average molecular weight is 702 g/mol. The van der Waals surface area contributed by atoms with Crippen molar-refractivity contribution in [3.05, 3.63) is 165 Å². The molecule has 0 N–H and O–H groups in total. The fourth-order valence-electron chi connectivity index (χ4n) is 5.96. The second kappa shape index (κ2) is 14.9. The number of hydrogen-bond acceptors (Lipinski definition) is 7. The fourth-order valence-corrected chi connectivity index (χ4v) is 6.87. The number of nitrogens with zero attached hydrogens (tertiary/aromatic N) is 5. The minimum atomic E-state index is -0.226. The Morgan fingerprint density at radius 3 is 2.33 bits per heavy atom. The molecule has 3 aromatic heterocycles. The first-order valence-corrected chi connectivity index (χ1v) is 18.1. The summed E-state index contributed by atoms with van der Waals surface area (Å²) in [6.45, 7) is 3.32. The van der Waals surface area contributed by atoms with Crippen LogP contribution in [0.25, 0.3) is 50.9 Å². The van der Waals surface area contributed by atoms with Crippen molar-refractivity contribution in [1.82, 2.24) is 24.4 Å². The highest BCUT2D eigenvalue weighted by atomic mass is 32.1. The summed E-state index contributed by atoms with van der Waals surface area (Å²) in [6, 6.07) is 40.3. The summed E-state index contributed by atoms with van der Waals surface area (Å²) in [5, 5.41) is 11.8. The first-order valence-electron chi connectivity index (χ1n) is 17.3. The van der Waals surface area contributed by atoms with Crippen LogP contribution in [0, 0.1) is 0 Å². The predicted molar refractivity (Wildman–Crippen MR) is 209 cm³/mol. The maximum Gasteiger partial charge on any atom is 0.291 e. The quantitative estimate of drug-likeness (QED) is 0.119. The third kappa shape index (κ3) is 7.12. The van der Waals surface area contributed by atoms with Gasteiger partial charge >= 0.3 is 0 Å². The lowest BCUT2D eigenvalue weighted by molar-refractivity contribution is 0.307. The molecular formula is C43H35N5O3S. The van der Waals surface area contributed by atoms with Crippen LogP contribution in [0.4, 0.5) is 0 Å². The summed E-state index contributed by atoms with van der Waals surface area (Å²) >= 11 is 1.30. The van der Waals surface area contributed by atoms with Gasteiger partial charge in [-0.3, -0.25) is 4.79 Å². The van der Waals surface area contributed by atoms with Gasteiger partial charge in [-0.25, -0.2) is 4.68 Å². The third-order valence-electron chi connectivity index (χ3n) is 8.72. The van der Waals surface area contributed by atoms with Gasteiger partial charge in [0, 0.05) is 17.3 Å². The van der Waals surface area contributed by atoms with Crippen molar-refractivity contribution in [2.75, 3.05) is 6.61 Å². The average Bonchev–Trinajstić information content (AvgIpc) is 3.88. The van der Waals surface area contributed by atoms with Crippen LogP contribution in [-0.4, -0.2) is 31.0 Å². The number of aromatic nitrogens is 5. The number of benzene rings is 5. The van der Waals surface area contributed by atoms with Gasteiger partial charge in [0.05, 0.1) is 16.8 Å². The smallest absolute Gasteiger partial charge is 0.291 e. The van der Waals surface area contributed by atoms with E-state index in [0.29, 0.717) is 28.5 Å². The van der Waals surface area contributed by atoms with Gasteiger partial charge in [-0.15, -0.1) is 5.10 Å². The molecule has 0 saturated heterocycles. The van der Waals surface area contributed by atoms with Crippen LogP contribution in [0.2, 0.25) is 0 Å². The zero-order valence-electron chi connectivity index (χ0n) is 28.6. The molecule has 3 heterocycles. The highest BCUT2D eigenvalue weighted by Crippen LogP contribution is 2.28. The van der Waals surface area contributed by atoms with Gasteiger partial charge in [0.2, 0.25) is 4.96 Å². The molecule has 8 nitrogen and oxygen atoms in total. The van der Waals surface area contributed by atoms with Crippen LogP contribution in [-0.2, 0) is 6.61 Å². The molecule has 0 spiro atoms. The molecule has 0 unspecified atom stereocenters. The van der Waals surface area contributed by atoms with Gasteiger partial charge < -0.3 is 9.47 Å². The second-order valence-corrected chi connectivity index (χ2v) is 13.4. The van der Waals surface area contributed by atoms with Crippen molar-refractivity contribution >= 4 is 45.3 Å². The Hall–Kier alpha value is -6.32. The van der Waals surface area contributed by atoms with Crippen LogP contribution in [0.5, 0.6) is 11.5 Å². The molecular weight excluding hydrogens is 667 g/mol. The van der Waals surface area contributed by atoms with E-state index in [1.165, 1.54) is 26.6 Å². The lowest BCUT2D eigenvalue weighted by Crippen LogP contribution is -2.23. The Labute approximate surface area is 304 Å². The number of ether oxygens (including phenoxy) is 2. The first-order chi connectivity index (χ1) is 25.6. The van der Waals surface area contributed by atoms with Crippen molar-refractivity contribution in [1.29, 1.82) is 0 Å². The van der Waals surface area contributed by atoms with Crippen LogP contribution in [0.3, 0.4) is 0 Å². The van der Waals surface area contributed by atoms with E-state index in [4.69, 9.17) is 14.6 Å². The Morgan fingerprint density at radius 2 is 1.52 bits per heavy atom. The van der Waals surface area contributed by atoms with E-state index in [1.807, 2.05) is 120 Å². The number of fused-ring (bicyclic) bond motifs is 2. The van der Waals surface area contributed by atoms with Crippen molar-refractivity contribution in [3.8, 4) is 28.4 Å². The monoisotopic (exact) mass is 701 g/mol. The molecule has 0 fully saturated rings. The molecule has 8 rings (SSSR count). The van der Waals surface area contributed by atoms with Crippen LogP contribution < -0.4 is 19.6 Å². The lowest BCUT2D eigenvalue weighted by Gasteiger charge is -2.10. The van der Waals surface area contributed by atoms with E-state index in [1.54, 1.807) is 0 Å². The Morgan fingerprint density at radius 1 is 0.769 bits per heavy atom. The molecule has 0 amide bonds. The zero-order chi connectivity index (χ0) is 35.3. The van der Waals surface area contributed by atoms with E-state index in [2.05, 4.69) is 47.3 Å². The molecule has 5 aromatic carbocycles. The lowest BCUT2D eigenvalue weighted by atomic mass is 10.1. The Balaban J connectivity index is 1.05. The van der Waals surface area contributed by atoms with Gasteiger partial charge in [0.1, 0.15) is 23.8 Å². The maximum absolute atomic E-state index is 13.6. The van der Waals surface area contributed by atoms with E-state index < -0.39 is 0 Å². The molecule has 0 bridgehead atoms. The summed E-state index contributed by atoms with van der Waals surface area (Å²) in [7, 11) is 0. The minimum Gasteiger partial charge on any atom is -0.494 e. The van der Waals surface area contributed by atoms with Crippen molar-refractivity contribution in [2.45, 2.75) is 26.4 Å². The van der Waals surface area contributed by atoms with E-state index in [0.717, 1.165) is 58.0 Å². The van der Waals surface area contributed by atoms with Gasteiger partial charge in [-0.2, -0.15) is 14.6 Å². The summed E-state index contributed by atoms with van der Waals surface area (Å²) in [5.74, 6) is 2.08. The normalized spacial score (nSPS) is 12.0. The van der Waals surface area contributed by atoms with Gasteiger partial charge in [-0.05, 0) is 89.0 Å². The van der Waals surface area contributed by atoms with E-state index >= 15 is 0 Å². The molecule has 0 aliphatic rings. The summed E-state index contributed by atoms with van der Waals surface area (Å²) in [4.78, 5) is 18.7. The van der Waals surface area contributed by atoms with Crippen LogP contribution in [0.1, 0.15) is 42.3 Å². The molecule has 0 aliphatic heterocycles. The Bertz CT molecular complexity index is 2600. The van der Waals surface area contributed by atoms with Crippen molar-refractivity contribution < 1.29 is 9.47 Å². The standard InChI is InChI=1S/C43H35N5O3S/c1-2-3-26-50-36-21-16-30(17-22-36)18-25-40-44-43-48(45-40)42(49)39(52-43)27-34-28-47(35-13-5-4-6-14-35)46-41(34)32-19-23-37(24-20-32)51-29-33-12-9-11-31-10-7-8-15-38(31)33/h4-25,27-28H,2-3,26,29H2,1H3/b25-18+,39-27-. The number of thiazole rings is 1. The maximum atomic E-state index is 13.6. The topological polar surface area (TPSA) is 83.5 Å². The fraction of sp³-hybridized carbons (Fsp3) is 0.116. The van der Waals surface area contributed by atoms with Gasteiger partial charge in [0.15, 0.2) is 5.82 Å². The molecule has 8 aromatic rings.